The first-order valence-corrected chi connectivity index (χ1v) is 4.31. The van der Waals surface area contributed by atoms with Crippen LogP contribution >= 0.6 is 0 Å². The average molecular weight is 172 g/mol. The van der Waals surface area contributed by atoms with Crippen LogP contribution in [0.2, 0.25) is 0 Å². The molecule has 1 heterocycles. The Balaban J connectivity index is 2.36. The van der Waals surface area contributed by atoms with Crippen molar-refractivity contribution in [3.63, 3.8) is 0 Å². The molecule has 2 N–H and O–H groups in total. The van der Waals surface area contributed by atoms with Gasteiger partial charge in [-0.15, -0.1) is 0 Å². The van der Waals surface area contributed by atoms with E-state index < -0.39 is 0 Å². The van der Waals surface area contributed by atoms with Gasteiger partial charge >= 0.3 is 0 Å². The van der Waals surface area contributed by atoms with Gasteiger partial charge in [0.05, 0.1) is 6.67 Å². The molecule has 1 aromatic carbocycles. The summed E-state index contributed by atoms with van der Waals surface area (Å²) in [5.74, 6) is 0. The molecule has 13 heavy (non-hydrogen) atoms. The molecule has 0 atom stereocenters. The van der Waals surface area contributed by atoms with Crippen LogP contribution in [0.1, 0.15) is 0 Å². The van der Waals surface area contributed by atoms with Gasteiger partial charge in [-0.25, -0.2) is 0 Å². The first kappa shape index (κ1) is 8.08. The maximum absolute atomic E-state index is 5.50. The summed E-state index contributed by atoms with van der Waals surface area (Å²) in [7, 11) is 0. The van der Waals surface area contributed by atoms with Crippen molar-refractivity contribution in [3.05, 3.63) is 48.8 Å². The number of hydrogen-bond donors (Lipinski definition) is 1. The monoisotopic (exact) mass is 172 g/mol. The normalized spacial score (nSPS) is 10.2. The molecule has 1 aromatic heterocycles. The fourth-order valence-electron chi connectivity index (χ4n) is 1.36. The van der Waals surface area contributed by atoms with E-state index in [2.05, 4.69) is 24.4 Å². The lowest BCUT2D eigenvalue weighted by Crippen LogP contribution is -2.03. The van der Waals surface area contributed by atoms with Gasteiger partial charge in [-0.3, -0.25) is 0 Å². The van der Waals surface area contributed by atoms with Gasteiger partial charge < -0.3 is 10.3 Å². The first-order valence-electron chi connectivity index (χ1n) is 4.31. The molecule has 0 saturated carbocycles. The van der Waals surface area contributed by atoms with Crippen molar-refractivity contribution < 1.29 is 0 Å². The molecule has 2 nitrogen and oxygen atoms in total. The number of nitrogens with zero attached hydrogens (tertiary/aromatic N) is 1. The second-order valence-corrected chi connectivity index (χ2v) is 2.96. The summed E-state index contributed by atoms with van der Waals surface area (Å²) in [5.41, 5.74) is 7.95. The Morgan fingerprint density at radius 2 is 1.77 bits per heavy atom. The number of hydrogen-bond acceptors (Lipinski definition) is 1. The van der Waals surface area contributed by atoms with Crippen molar-refractivity contribution in [1.29, 1.82) is 0 Å². The lowest BCUT2D eigenvalue weighted by Gasteiger charge is -1.96. The van der Waals surface area contributed by atoms with Gasteiger partial charge in [0, 0.05) is 12.4 Å². The van der Waals surface area contributed by atoms with E-state index in [9.17, 15) is 0 Å². The molecule has 2 aromatic rings. The summed E-state index contributed by atoms with van der Waals surface area (Å²) in [5, 5.41) is 0. The Labute approximate surface area is 77.6 Å². The molecule has 0 fully saturated rings. The predicted molar refractivity (Wildman–Crippen MR) is 54.1 cm³/mol. The van der Waals surface area contributed by atoms with Crippen LogP contribution in [0.15, 0.2) is 48.8 Å². The van der Waals surface area contributed by atoms with Crippen LogP contribution < -0.4 is 5.73 Å². The summed E-state index contributed by atoms with van der Waals surface area (Å²) in [6.07, 6.45) is 4.04. The van der Waals surface area contributed by atoms with Gasteiger partial charge in [-0.2, -0.15) is 0 Å². The van der Waals surface area contributed by atoms with Crippen LogP contribution in [0.25, 0.3) is 11.1 Å². The predicted octanol–water partition coefficient (Wildman–Crippen LogP) is 2.07. The van der Waals surface area contributed by atoms with E-state index in [0.717, 1.165) is 0 Å². The molecular formula is C11H12N2. The maximum atomic E-state index is 5.50. The zero-order valence-electron chi connectivity index (χ0n) is 7.35. The Morgan fingerprint density at radius 3 is 2.38 bits per heavy atom. The first-order chi connectivity index (χ1) is 6.40. The Kier molecular flexibility index (Phi) is 2.15. The van der Waals surface area contributed by atoms with Gasteiger partial charge in [-0.1, -0.05) is 30.3 Å². The van der Waals surface area contributed by atoms with Crippen LogP contribution in [-0.4, -0.2) is 4.57 Å². The minimum absolute atomic E-state index is 0.535. The van der Waals surface area contributed by atoms with Crippen molar-refractivity contribution >= 4 is 0 Å². The highest BCUT2D eigenvalue weighted by atomic mass is 15.0. The van der Waals surface area contributed by atoms with Crippen LogP contribution in [-0.2, 0) is 6.67 Å². The van der Waals surface area contributed by atoms with Crippen LogP contribution in [0.5, 0.6) is 0 Å². The second-order valence-electron chi connectivity index (χ2n) is 2.96. The summed E-state index contributed by atoms with van der Waals surface area (Å²) in [6, 6.07) is 12.3. The molecule has 0 aliphatic heterocycles. The highest BCUT2D eigenvalue weighted by Gasteiger charge is 1.97. The fourth-order valence-corrected chi connectivity index (χ4v) is 1.36. The molecule has 0 bridgehead atoms. The molecule has 0 radical (unpaired) electrons. The third kappa shape index (κ3) is 1.63. The number of nitrogens with two attached hydrogens (primary N) is 1. The maximum Gasteiger partial charge on any atom is 0.0695 e. The van der Waals surface area contributed by atoms with E-state index in [0.29, 0.717) is 6.67 Å². The third-order valence-corrected chi connectivity index (χ3v) is 2.07. The number of benzene rings is 1. The van der Waals surface area contributed by atoms with Crippen molar-refractivity contribution in [2.24, 2.45) is 5.73 Å². The highest BCUT2D eigenvalue weighted by Crippen LogP contribution is 2.18. The topological polar surface area (TPSA) is 30.9 Å². The standard InChI is InChI=1S/C11H12N2/c12-9-13-7-6-11(8-13)10-4-2-1-3-5-10/h1-8H,9,12H2. The van der Waals surface area contributed by atoms with Gasteiger partial charge in [-0.05, 0) is 17.2 Å². The average Bonchev–Trinajstić information content (AvgIpc) is 2.67. The van der Waals surface area contributed by atoms with Crippen LogP contribution in [0.4, 0.5) is 0 Å². The van der Waals surface area contributed by atoms with Crippen molar-refractivity contribution in [2.75, 3.05) is 0 Å². The molecule has 2 rings (SSSR count). The quantitative estimate of drug-likeness (QED) is 0.738. The van der Waals surface area contributed by atoms with Crippen molar-refractivity contribution in [1.82, 2.24) is 4.57 Å². The molecular weight excluding hydrogens is 160 g/mol. The largest absolute Gasteiger partial charge is 0.341 e. The molecule has 0 amide bonds. The molecule has 0 aliphatic carbocycles. The highest BCUT2D eigenvalue weighted by molar-refractivity contribution is 5.62. The lowest BCUT2D eigenvalue weighted by molar-refractivity contribution is 0.739. The van der Waals surface area contributed by atoms with Crippen molar-refractivity contribution in [3.8, 4) is 11.1 Å². The smallest absolute Gasteiger partial charge is 0.0695 e. The molecule has 2 heteroatoms. The van der Waals surface area contributed by atoms with Gasteiger partial charge in [0.15, 0.2) is 0 Å². The van der Waals surface area contributed by atoms with Gasteiger partial charge in [0.25, 0.3) is 0 Å². The number of rotatable bonds is 2. The third-order valence-electron chi connectivity index (χ3n) is 2.07. The van der Waals surface area contributed by atoms with E-state index >= 15 is 0 Å². The zero-order chi connectivity index (χ0) is 9.10. The fraction of sp³-hybridized carbons (Fsp3) is 0.0909. The summed E-state index contributed by atoms with van der Waals surface area (Å²) in [6.45, 7) is 0.535. The van der Waals surface area contributed by atoms with E-state index in [-0.39, 0.29) is 0 Å². The molecule has 0 aliphatic rings. The molecule has 66 valence electrons. The number of aromatic nitrogens is 1. The minimum atomic E-state index is 0.535. The van der Waals surface area contributed by atoms with Crippen LogP contribution in [0.3, 0.4) is 0 Å². The Hall–Kier alpha value is -1.54. The Morgan fingerprint density at radius 1 is 1.00 bits per heavy atom. The van der Waals surface area contributed by atoms with E-state index in [1.807, 2.05) is 29.0 Å². The van der Waals surface area contributed by atoms with Crippen molar-refractivity contribution in [2.45, 2.75) is 6.67 Å². The second kappa shape index (κ2) is 3.46. The molecule has 0 saturated heterocycles. The summed E-state index contributed by atoms with van der Waals surface area (Å²) < 4.78 is 1.96. The Bertz CT molecular complexity index is 376. The van der Waals surface area contributed by atoms with E-state index in [1.54, 1.807) is 0 Å². The zero-order valence-corrected chi connectivity index (χ0v) is 7.35. The van der Waals surface area contributed by atoms with E-state index in [1.165, 1.54) is 11.1 Å². The molecule has 0 unspecified atom stereocenters. The van der Waals surface area contributed by atoms with Gasteiger partial charge in [0.1, 0.15) is 0 Å². The van der Waals surface area contributed by atoms with Crippen LogP contribution in [0, 0.1) is 0 Å². The minimum Gasteiger partial charge on any atom is -0.341 e. The molecule has 0 spiro atoms. The van der Waals surface area contributed by atoms with E-state index in [4.69, 9.17) is 5.73 Å². The lowest BCUT2D eigenvalue weighted by atomic mass is 10.1. The SMILES string of the molecule is NCn1ccc(-c2ccccc2)c1. The summed E-state index contributed by atoms with van der Waals surface area (Å²) in [4.78, 5) is 0. The summed E-state index contributed by atoms with van der Waals surface area (Å²) >= 11 is 0. The van der Waals surface area contributed by atoms with Gasteiger partial charge in [0.2, 0.25) is 0 Å².